The van der Waals surface area contributed by atoms with E-state index in [4.69, 9.17) is 0 Å². The van der Waals surface area contributed by atoms with Crippen molar-refractivity contribution in [3.8, 4) is 11.1 Å². The van der Waals surface area contributed by atoms with Crippen LogP contribution in [0.3, 0.4) is 0 Å². The first kappa shape index (κ1) is 25.1. The third-order valence-corrected chi connectivity index (χ3v) is 6.62. The normalized spacial score (nSPS) is 15.4. The van der Waals surface area contributed by atoms with Crippen molar-refractivity contribution in [2.24, 2.45) is 0 Å². The molecule has 0 saturated carbocycles. The first-order valence-electron chi connectivity index (χ1n) is 11.7. The van der Waals surface area contributed by atoms with Gasteiger partial charge in [0, 0.05) is 0 Å². The van der Waals surface area contributed by atoms with Gasteiger partial charge in [-0.1, -0.05) is 68.0 Å². The second-order valence-electron chi connectivity index (χ2n) is 8.97. The first-order valence-corrected chi connectivity index (χ1v) is 11.7. The zero-order chi connectivity index (χ0) is 25.4. The number of allylic oxidation sites excluding steroid dienone is 1. The van der Waals surface area contributed by atoms with Crippen LogP contribution in [0.25, 0.3) is 11.1 Å². The third-order valence-electron chi connectivity index (χ3n) is 6.62. The van der Waals surface area contributed by atoms with Crippen LogP contribution in [-0.4, -0.2) is 0 Å². The third kappa shape index (κ3) is 4.28. The van der Waals surface area contributed by atoms with E-state index in [0.717, 1.165) is 24.0 Å². The molecule has 3 aromatic rings. The van der Waals surface area contributed by atoms with Crippen LogP contribution in [0, 0.1) is 11.6 Å². The van der Waals surface area contributed by atoms with Gasteiger partial charge in [-0.15, -0.1) is 6.58 Å². The van der Waals surface area contributed by atoms with Gasteiger partial charge in [-0.3, -0.25) is 0 Å². The van der Waals surface area contributed by atoms with E-state index in [1.54, 1.807) is 6.92 Å². The van der Waals surface area contributed by atoms with Crippen LogP contribution in [-0.2, 0) is 37.5 Å². The molecule has 184 valence electrons. The highest BCUT2D eigenvalue weighted by Gasteiger charge is 2.65. The predicted molar refractivity (Wildman–Crippen MR) is 126 cm³/mol. The Morgan fingerprint density at radius 3 is 1.57 bits per heavy atom. The highest BCUT2D eigenvalue weighted by atomic mass is 19.3. The molecule has 1 aliphatic rings. The molecule has 0 amide bonds. The summed E-state index contributed by atoms with van der Waals surface area (Å²) in [7, 11) is 0. The number of alkyl halides is 4. The number of rotatable bonds is 8. The molecule has 6 heteroatoms. The van der Waals surface area contributed by atoms with E-state index in [1.165, 1.54) is 24.3 Å². The van der Waals surface area contributed by atoms with Gasteiger partial charge in [0.25, 0.3) is 0 Å². The molecule has 0 N–H and O–H groups in total. The Kier molecular flexibility index (Phi) is 6.85. The van der Waals surface area contributed by atoms with Crippen LogP contribution in [0.1, 0.15) is 53.1 Å². The summed E-state index contributed by atoms with van der Waals surface area (Å²) in [5.74, 6) is -12.5. The van der Waals surface area contributed by atoms with E-state index in [9.17, 15) is 4.39 Å². The second kappa shape index (κ2) is 9.56. The van der Waals surface area contributed by atoms with Crippen molar-refractivity contribution in [1.29, 1.82) is 0 Å². The molecule has 0 nitrogen and oxygen atoms in total. The molecule has 0 aromatic heterocycles. The zero-order valence-corrected chi connectivity index (χ0v) is 19.4. The summed E-state index contributed by atoms with van der Waals surface area (Å²) in [6.45, 7) is 5.42. The highest BCUT2D eigenvalue weighted by molar-refractivity contribution is 5.77. The van der Waals surface area contributed by atoms with Gasteiger partial charge in [0.1, 0.15) is 11.6 Å². The molecule has 35 heavy (non-hydrogen) atoms. The number of fused-ring (bicyclic) bond motifs is 3. The van der Waals surface area contributed by atoms with Crippen molar-refractivity contribution >= 4 is 0 Å². The van der Waals surface area contributed by atoms with Crippen LogP contribution < -0.4 is 0 Å². The Morgan fingerprint density at radius 1 is 0.657 bits per heavy atom. The molecular formula is C29H26F6. The minimum absolute atomic E-state index is 0.0576. The average molecular weight is 489 g/mol. The molecule has 0 spiro atoms. The smallest absolute Gasteiger partial charge is 0.206 e. The molecule has 0 bridgehead atoms. The predicted octanol–water partition coefficient (Wildman–Crippen LogP) is 8.69. The van der Waals surface area contributed by atoms with E-state index in [2.05, 4.69) is 6.58 Å². The SMILES string of the molecule is C=CCCc1ccc(CCc2ccc3c(c2F)C(F)(F)C(F)(F)c2c-3ccc(CCC)c2F)cc1. The molecule has 4 rings (SSSR count). The molecule has 3 aromatic carbocycles. The molecule has 0 heterocycles. The standard InChI is InChI=1S/C29H26F6/c1-3-5-7-18-8-10-19(11-9-18)12-13-21-15-17-23-22-16-14-20(6-4-2)26(30)24(22)28(32,33)29(34,35)25(23)27(21)31/h3,8-11,14-17H,1,4-7,12-13H2,2H3. The lowest BCUT2D eigenvalue weighted by Crippen LogP contribution is -2.41. The molecule has 0 saturated heterocycles. The number of hydrogen-bond donors (Lipinski definition) is 0. The summed E-state index contributed by atoms with van der Waals surface area (Å²) in [6, 6.07) is 12.7. The van der Waals surface area contributed by atoms with Gasteiger partial charge in [0.2, 0.25) is 0 Å². The summed E-state index contributed by atoms with van der Waals surface area (Å²) in [4.78, 5) is 0. The maximum Gasteiger partial charge on any atom is 0.343 e. The summed E-state index contributed by atoms with van der Waals surface area (Å²) in [5, 5.41) is 0. The van der Waals surface area contributed by atoms with Gasteiger partial charge in [-0.25, -0.2) is 8.78 Å². The van der Waals surface area contributed by atoms with Crippen molar-refractivity contribution in [2.45, 2.75) is 57.3 Å². The highest BCUT2D eigenvalue weighted by Crippen LogP contribution is 2.59. The fraction of sp³-hybridized carbons (Fsp3) is 0.310. The van der Waals surface area contributed by atoms with Gasteiger partial charge < -0.3 is 0 Å². The number of hydrogen-bond acceptors (Lipinski definition) is 0. The van der Waals surface area contributed by atoms with Gasteiger partial charge in [-0.2, -0.15) is 17.6 Å². The minimum Gasteiger partial charge on any atom is -0.206 e. The van der Waals surface area contributed by atoms with E-state index in [0.29, 0.717) is 12.8 Å². The summed E-state index contributed by atoms with van der Waals surface area (Å²) in [6.07, 6.45) is 4.51. The summed E-state index contributed by atoms with van der Waals surface area (Å²) < 4.78 is 90.7. The molecule has 0 fully saturated rings. The van der Waals surface area contributed by atoms with E-state index in [1.807, 2.05) is 30.3 Å². The van der Waals surface area contributed by atoms with Crippen molar-refractivity contribution in [3.05, 3.63) is 106 Å². The van der Waals surface area contributed by atoms with Crippen LogP contribution in [0.2, 0.25) is 0 Å². The fourth-order valence-electron chi connectivity index (χ4n) is 4.69. The summed E-state index contributed by atoms with van der Waals surface area (Å²) in [5.41, 5.74) is -1.67. The van der Waals surface area contributed by atoms with Crippen molar-refractivity contribution in [1.82, 2.24) is 0 Å². The van der Waals surface area contributed by atoms with Gasteiger partial charge in [0.05, 0.1) is 11.1 Å². The number of halogens is 6. The van der Waals surface area contributed by atoms with Crippen molar-refractivity contribution in [2.75, 3.05) is 0 Å². The van der Waals surface area contributed by atoms with E-state index >= 15 is 22.0 Å². The van der Waals surface area contributed by atoms with Crippen LogP contribution >= 0.6 is 0 Å². The van der Waals surface area contributed by atoms with E-state index in [-0.39, 0.29) is 24.0 Å². The largest absolute Gasteiger partial charge is 0.343 e. The first-order chi connectivity index (χ1) is 16.6. The van der Waals surface area contributed by atoms with Crippen LogP contribution in [0.4, 0.5) is 26.3 Å². The molecule has 0 atom stereocenters. The maximum absolute atomic E-state index is 15.4. The molecule has 1 aliphatic carbocycles. The Balaban J connectivity index is 1.71. The molecule has 0 aliphatic heterocycles. The number of aryl methyl sites for hydroxylation is 4. The van der Waals surface area contributed by atoms with Crippen LogP contribution in [0.15, 0.2) is 61.2 Å². The lowest BCUT2D eigenvalue weighted by Gasteiger charge is -2.36. The Hall–Kier alpha value is -3.02. The van der Waals surface area contributed by atoms with Crippen molar-refractivity contribution < 1.29 is 26.3 Å². The number of benzene rings is 3. The van der Waals surface area contributed by atoms with Gasteiger partial charge >= 0.3 is 11.8 Å². The van der Waals surface area contributed by atoms with Gasteiger partial charge in [0.15, 0.2) is 0 Å². The Bertz CT molecular complexity index is 1240. The average Bonchev–Trinajstić information content (AvgIpc) is 2.82. The molecule has 0 unspecified atom stereocenters. The van der Waals surface area contributed by atoms with Gasteiger partial charge in [-0.05, 0) is 65.5 Å². The topological polar surface area (TPSA) is 0 Å². The Morgan fingerprint density at radius 2 is 1.11 bits per heavy atom. The monoisotopic (exact) mass is 488 g/mol. The fourth-order valence-corrected chi connectivity index (χ4v) is 4.69. The molecule has 0 radical (unpaired) electrons. The van der Waals surface area contributed by atoms with Crippen molar-refractivity contribution in [3.63, 3.8) is 0 Å². The minimum atomic E-state index is -4.89. The zero-order valence-electron chi connectivity index (χ0n) is 19.4. The summed E-state index contributed by atoms with van der Waals surface area (Å²) >= 11 is 0. The quantitative estimate of drug-likeness (QED) is 0.220. The van der Waals surface area contributed by atoms with E-state index < -0.39 is 45.7 Å². The second-order valence-corrected chi connectivity index (χ2v) is 8.97. The lowest BCUT2D eigenvalue weighted by molar-refractivity contribution is -0.227. The molecular weight excluding hydrogens is 462 g/mol. The lowest BCUT2D eigenvalue weighted by atomic mass is 9.78. The Labute approximate surface area is 201 Å². The maximum atomic E-state index is 15.4. The van der Waals surface area contributed by atoms with Crippen LogP contribution in [0.5, 0.6) is 0 Å².